The Labute approximate surface area is 168 Å². The van der Waals surface area contributed by atoms with Gasteiger partial charge in [0.1, 0.15) is 5.75 Å². The molecule has 0 saturated heterocycles. The molecule has 8 nitrogen and oxygen atoms in total. The number of hydrazine groups is 1. The lowest BCUT2D eigenvalue weighted by molar-refractivity contribution is -0.122. The Morgan fingerprint density at radius 3 is 2.48 bits per heavy atom. The van der Waals surface area contributed by atoms with E-state index in [9.17, 15) is 18.0 Å². The Balaban J connectivity index is 1.39. The Kier molecular flexibility index (Phi) is 6.18. The fourth-order valence-corrected chi connectivity index (χ4v) is 3.35. The van der Waals surface area contributed by atoms with Crippen LogP contribution in [-0.2, 0) is 14.6 Å². The number of nitrogens with one attached hydrogen (secondary N) is 3. The Bertz CT molecular complexity index is 1120. The van der Waals surface area contributed by atoms with Crippen molar-refractivity contribution in [3.05, 3.63) is 60.3 Å². The fraction of sp³-hybridized carbons (Fsp3) is 0.200. The number of sulfone groups is 1. The van der Waals surface area contributed by atoms with E-state index in [1.165, 1.54) is 12.1 Å². The van der Waals surface area contributed by atoms with Gasteiger partial charge in [-0.25, -0.2) is 8.42 Å². The van der Waals surface area contributed by atoms with Gasteiger partial charge >= 0.3 is 0 Å². The molecule has 29 heavy (non-hydrogen) atoms. The number of H-pyrrole nitrogens is 1. The lowest BCUT2D eigenvalue weighted by Gasteiger charge is -2.08. The van der Waals surface area contributed by atoms with E-state index < -0.39 is 15.7 Å². The van der Waals surface area contributed by atoms with Crippen molar-refractivity contribution in [2.75, 3.05) is 12.9 Å². The zero-order valence-electron chi connectivity index (χ0n) is 15.8. The summed E-state index contributed by atoms with van der Waals surface area (Å²) in [5.41, 5.74) is 6.07. The van der Waals surface area contributed by atoms with Crippen molar-refractivity contribution in [2.24, 2.45) is 0 Å². The van der Waals surface area contributed by atoms with Gasteiger partial charge in [-0.1, -0.05) is 18.2 Å². The molecule has 1 heterocycles. The SMILES string of the molecule is CS(=O)(=O)c1ccc(OCCCC(=O)NNC(=O)c2c[nH]c3ccccc23)cc1. The number of hydrogen-bond donors (Lipinski definition) is 3. The van der Waals surface area contributed by atoms with Crippen LogP contribution in [0, 0.1) is 0 Å². The zero-order valence-corrected chi connectivity index (χ0v) is 16.6. The highest BCUT2D eigenvalue weighted by Gasteiger charge is 2.12. The smallest absolute Gasteiger partial charge is 0.271 e. The molecule has 0 radical (unpaired) electrons. The number of para-hydroxylation sites is 1. The maximum Gasteiger partial charge on any atom is 0.271 e. The number of benzene rings is 2. The molecule has 0 aliphatic carbocycles. The van der Waals surface area contributed by atoms with Crippen LogP contribution in [0.15, 0.2) is 59.6 Å². The highest BCUT2D eigenvalue weighted by atomic mass is 32.2. The predicted molar refractivity (Wildman–Crippen MR) is 108 cm³/mol. The van der Waals surface area contributed by atoms with Gasteiger partial charge in [-0.3, -0.25) is 20.4 Å². The van der Waals surface area contributed by atoms with Crippen LogP contribution in [0.4, 0.5) is 0 Å². The number of rotatable bonds is 7. The van der Waals surface area contributed by atoms with Crippen molar-refractivity contribution in [1.29, 1.82) is 0 Å². The van der Waals surface area contributed by atoms with E-state index >= 15 is 0 Å². The van der Waals surface area contributed by atoms with Crippen LogP contribution in [0.1, 0.15) is 23.2 Å². The zero-order chi connectivity index (χ0) is 20.9. The first kappa shape index (κ1) is 20.4. The van der Waals surface area contributed by atoms with Crippen molar-refractivity contribution < 1.29 is 22.7 Å². The van der Waals surface area contributed by atoms with E-state index in [1.54, 1.807) is 18.3 Å². The molecule has 9 heteroatoms. The number of carbonyl (C=O) groups is 2. The lowest BCUT2D eigenvalue weighted by atomic mass is 10.2. The van der Waals surface area contributed by atoms with Gasteiger partial charge in [0, 0.05) is 29.8 Å². The fourth-order valence-electron chi connectivity index (χ4n) is 2.72. The number of carbonyl (C=O) groups excluding carboxylic acids is 2. The summed E-state index contributed by atoms with van der Waals surface area (Å²) in [6.45, 7) is 0.280. The van der Waals surface area contributed by atoms with Gasteiger partial charge in [0.15, 0.2) is 9.84 Å². The normalized spacial score (nSPS) is 11.2. The third kappa shape index (κ3) is 5.35. The number of aromatic nitrogens is 1. The van der Waals surface area contributed by atoms with Gasteiger partial charge in [0.2, 0.25) is 5.91 Å². The van der Waals surface area contributed by atoms with E-state index in [2.05, 4.69) is 15.8 Å². The highest BCUT2D eigenvalue weighted by molar-refractivity contribution is 7.90. The van der Waals surface area contributed by atoms with Gasteiger partial charge in [-0.05, 0) is 36.8 Å². The van der Waals surface area contributed by atoms with Crippen LogP contribution in [0.2, 0.25) is 0 Å². The predicted octanol–water partition coefficient (Wildman–Crippen LogP) is 2.19. The van der Waals surface area contributed by atoms with Crippen LogP contribution in [-0.4, -0.2) is 38.1 Å². The first-order valence-electron chi connectivity index (χ1n) is 8.93. The molecule has 2 aromatic carbocycles. The molecule has 2 amide bonds. The van der Waals surface area contributed by atoms with Crippen molar-refractivity contribution in [3.63, 3.8) is 0 Å². The Morgan fingerprint density at radius 1 is 1.03 bits per heavy atom. The Hall–Kier alpha value is -3.33. The third-order valence-corrected chi connectivity index (χ3v) is 5.35. The van der Waals surface area contributed by atoms with Crippen LogP contribution in [0.25, 0.3) is 10.9 Å². The molecule has 0 aliphatic rings. The summed E-state index contributed by atoms with van der Waals surface area (Å²) in [6, 6.07) is 13.5. The van der Waals surface area contributed by atoms with E-state index in [0.717, 1.165) is 17.2 Å². The molecule has 0 atom stereocenters. The molecule has 0 spiro atoms. The van der Waals surface area contributed by atoms with Crippen LogP contribution >= 0.6 is 0 Å². The maximum atomic E-state index is 12.2. The number of ether oxygens (including phenoxy) is 1. The molecular weight excluding hydrogens is 394 g/mol. The van der Waals surface area contributed by atoms with Gasteiger partial charge in [0.05, 0.1) is 17.1 Å². The van der Waals surface area contributed by atoms with Crippen molar-refractivity contribution in [1.82, 2.24) is 15.8 Å². The monoisotopic (exact) mass is 415 g/mol. The molecule has 0 fully saturated rings. The largest absolute Gasteiger partial charge is 0.494 e. The standard InChI is InChI=1S/C20H21N3O5S/c1-29(26,27)15-10-8-14(9-11-15)28-12-4-7-19(24)22-23-20(25)17-13-21-18-6-3-2-5-16(17)18/h2-3,5-6,8-11,13,21H,4,7,12H2,1H3,(H,22,24)(H,23,25). The molecule has 3 N–H and O–H groups in total. The van der Waals surface area contributed by atoms with E-state index in [4.69, 9.17) is 4.74 Å². The molecular formula is C20H21N3O5S. The highest BCUT2D eigenvalue weighted by Crippen LogP contribution is 2.17. The molecule has 152 valence electrons. The third-order valence-electron chi connectivity index (χ3n) is 4.22. The van der Waals surface area contributed by atoms with Gasteiger partial charge in [-0.2, -0.15) is 0 Å². The first-order valence-corrected chi connectivity index (χ1v) is 10.8. The van der Waals surface area contributed by atoms with Crippen LogP contribution in [0.5, 0.6) is 5.75 Å². The molecule has 0 saturated carbocycles. The summed E-state index contributed by atoms with van der Waals surface area (Å²) < 4.78 is 28.3. The number of amides is 2. The quantitative estimate of drug-likeness (QED) is 0.404. The van der Waals surface area contributed by atoms with E-state index in [1.807, 2.05) is 24.3 Å². The summed E-state index contributed by atoms with van der Waals surface area (Å²) in [5.74, 6) is -0.224. The lowest BCUT2D eigenvalue weighted by Crippen LogP contribution is -2.41. The van der Waals surface area contributed by atoms with E-state index in [0.29, 0.717) is 17.7 Å². The number of fused-ring (bicyclic) bond motifs is 1. The molecule has 0 bridgehead atoms. The van der Waals surface area contributed by atoms with Crippen molar-refractivity contribution in [3.8, 4) is 5.75 Å². The van der Waals surface area contributed by atoms with Crippen molar-refractivity contribution >= 4 is 32.6 Å². The summed E-state index contributed by atoms with van der Waals surface area (Å²) in [6.07, 6.45) is 3.33. The topological polar surface area (TPSA) is 117 Å². The number of aromatic amines is 1. The summed E-state index contributed by atoms with van der Waals surface area (Å²) in [4.78, 5) is 27.3. The van der Waals surface area contributed by atoms with Crippen LogP contribution in [0.3, 0.4) is 0 Å². The summed E-state index contributed by atoms with van der Waals surface area (Å²) in [5, 5.41) is 0.773. The second-order valence-corrected chi connectivity index (χ2v) is 8.46. The van der Waals surface area contributed by atoms with Gasteiger partial charge < -0.3 is 9.72 Å². The average Bonchev–Trinajstić information content (AvgIpc) is 3.13. The minimum atomic E-state index is -3.24. The Morgan fingerprint density at radius 2 is 1.76 bits per heavy atom. The van der Waals surface area contributed by atoms with E-state index in [-0.39, 0.29) is 23.8 Å². The molecule has 0 unspecified atom stereocenters. The minimum absolute atomic E-state index is 0.162. The van der Waals surface area contributed by atoms with Gasteiger partial charge in [0.25, 0.3) is 5.91 Å². The second kappa shape index (κ2) is 8.78. The minimum Gasteiger partial charge on any atom is -0.494 e. The average molecular weight is 415 g/mol. The van der Waals surface area contributed by atoms with Crippen LogP contribution < -0.4 is 15.6 Å². The van der Waals surface area contributed by atoms with Gasteiger partial charge in [-0.15, -0.1) is 0 Å². The molecule has 0 aliphatic heterocycles. The maximum absolute atomic E-state index is 12.2. The van der Waals surface area contributed by atoms with Crippen molar-refractivity contribution in [2.45, 2.75) is 17.7 Å². The molecule has 1 aromatic heterocycles. The first-order chi connectivity index (χ1) is 13.8. The summed E-state index contributed by atoms with van der Waals surface area (Å²) in [7, 11) is -3.24. The summed E-state index contributed by atoms with van der Waals surface area (Å²) >= 11 is 0. The number of hydrogen-bond acceptors (Lipinski definition) is 5. The second-order valence-electron chi connectivity index (χ2n) is 6.45. The molecule has 3 rings (SSSR count). The molecule has 3 aromatic rings.